The molecule has 0 aliphatic carbocycles. The maximum absolute atomic E-state index is 12.1. The zero-order valence-electron chi connectivity index (χ0n) is 13.4. The van der Waals surface area contributed by atoms with Crippen LogP contribution in [0.4, 0.5) is 5.69 Å². The molecule has 0 spiro atoms. The predicted molar refractivity (Wildman–Crippen MR) is 98.7 cm³/mol. The maximum atomic E-state index is 12.1. The van der Waals surface area contributed by atoms with Crippen LogP contribution in [0.25, 0.3) is 10.8 Å². The molecular formula is C20H16ClNO3. The van der Waals surface area contributed by atoms with Gasteiger partial charge in [0.05, 0.1) is 6.42 Å². The molecule has 0 unspecified atom stereocenters. The summed E-state index contributed by atoms with van der Waals surface area (Å²) in [5, 5.41) is 5.23. The molecule has 0 fully saturated rings. The molecule has 4 nitrogen and oxygen atoms in total. The van der Waals surface area contributed by atoms with E-state index in [0.29, 0.717) is 16.3 Å². The quantitative estimate of drug-likeness (QED) is 0.699. The van der Waals surface area contributed by atoms with Gasteiger partial charge in [-0.05, 0) is 23.1 Å². The number of carbonyl (C=O) groups excluding carboxylic acids is 2. The van der Waals surface area contributed by atoms with Crippen LogP contribution in [0.2, 0.25) is 5.02 Å². The average molecular weight is 354 g/mol. The summed E-state index contributed by atoms with van der Waals surface area (Å²) in [6.45, 7) is -0.341. The Labute approximate surface area is 150 Å². The fourth-order valence-electron chi connectivity index (χ4n) is 2.52. The van der Waals surface area contributed by atoms with E-state index in [0.717, 1.165) is 10.8 Å². The van der Waals surface area contributed by atoms with E-state index in [1.165, 1.54) is 0 Å². The van der Waals surface area contributed by atoms with Crippen LogP contribution >= 0.6 is 11.6 Å². The van der Waals surface area contributed by atoms with Gasteiger partial charge in [0.2, 0.25) is 0 Å². The van der Waals surface area contributed by atoms with Crippen molar-refractivity contribution in [2.45, 2.75) is 6.42 Å². The third-order valence-corrected chi connectivity index (χ3v) is 4.09. The van der Waals surface area contributed by atoms with Crippen molar-refractivity contribution in [3.05, 3.63) is 77.3 Å². The minimum Gasteiger partial charge on any atom is -0.455 e. The number of fused-ring (bicyclic) bond motifs is 1. The first kappa shape index (κ1) is 17.0. The van der Waals surface area contributed by atoms with Crippen LogP contribution in [0, 0.1) is 0 Å². The summed E-state index contributed by atoms with van der Waals surface area (Å²) in [5.74, 6) is -0.884. The van der Waals surface area contributed by atoms with Crippen molar-refractivity contribution < 1.29 is 14.3 Å². The molecule has 0 bridgehead atoms. The molecule has 1 amide bonds. The molecule has 0 radical (unpaired) electrons. The first-order chi connectivity index (χ1) is 12.1. The lowest BCUT2D eigenvalue weighted by atomic mass is 10.1. The molecule has 0 aromatic heterocycles. The summed E-state index contributed by atoms with van der Waals surface area (Å²) in [4.78, 5) is 23.9. The second-order valence-corrected chi connectivity index (χ2v) is 5.91. The van der Waals surface area contributed by atoms with Gasteiger partial charge in [0.25, 0.3) is 5.91 Å². The predicted octanol–water partition coefficient (Wildman–Crippen LogP) is 4.22. The van der Waals surface area contributed by atoms with E-state index in [1.807, 2.05) is 42.5 Å². The molecule has 1 N–H and O–H groups in total. The number of amides is 1. The van der Waals surface area contributed by atoms with E-state index in [4.69, 9.17) is 16.3 Å². The first-order valence-electron chi connectivity index (χ1n) is 7.80. The second-order valence-electron chi connectivity index (χ2n) is 5.50. The summed E-state index contributed by atoms with van der Waals surface area (Å²) in [6.07, 6.45) is 0.0290. The Kier molecular flexibility index (Phi) is 5.31. The molecule has 0 saturated heterocycles. The Morgan fingerprint density at radius 3 is 2.48 bits per heavy atom. The van der Waals surface area contributed by atoms with E-state index >= 15 is 0 Å². The number of nitrogens with one attached hydrogen (secondary N) is 1. The standard InChI is InChI=1S/C20H16ClNO3/c21-17-10-4-2-7-15(17)12-20(24)25-13-19(23)22-18-11-5-8-14-6-1-3-9-16(14)18/h1-11H,12-13H2,(H,22,23). The molecule has 0 saturated carbocycles. The molecule has 0 aliphatic heterocycles. The van der Waals surface area contributed by atoms with Crippen molar-refractivity contribution in [1.29, 1.82) is 0 Å². The lowest BCUT2D eigenvalue weighted by molar-refractivity contribution is -0.146. The monoisotopic (exact) mass is 353 g/mol. The van der Waals surface area contributed by atoms with Gasteiger partial charge < -0.3 is 10.1 Å². The number of hydrogen-bond donors (Lipinski definition) is 1. The molecule has 0 atom stereocenters. The van der Waals surface area contributed by atoms with Crippen LogP contribution in [0.15, 0.2) is 66.7 Å². The zero-order valence-corrected chi connectivity index (χ0v) is 14.1. The highest BCUT2D eigenvalue weighted by atomic mass is 35.5. The summed E-state index contributed by atoms with van der Waals surface area (Å²) in [5.41, 5.74) is 1.36. The van der Waals surface area contributed by atoms with Gasteiger partial charge >= 0.3 is 5.97 Å². The molecule has 126 valence electrons. The molecule has 0 aliphatic rings. The van der Waals surface area contributed by atoms with Gasteiger partial charge in [-0.1, -0.05) is 66.2 Å². The number of halogens is 1. The van der Waals surface area contributed by atoms with E-state index in [9.17, 15) is 9.59 Å². The van der Waals surface area contributed by atoms with Gasteiger partial charge in [-0.25, -0.2) is 0 Å². The van der Waals surface area contributed by atoms with E-state index in [-0.39, 0.29) is 18.9 Å². The Morgan fingerprint density at radius 2 is 1.64 bits per heavy atom. The third kappa shape index (κ3) is 4.37. The first-order valence-corrected chi connectivity index (χ1v) is 8.18. The molecule has 3 aromatic carbocycles. The van der Waals surface area contributed by atoms with Gasteiger partial charge in [-0.15, -0.1) is 0 Å². The van der Waals surface area contributed by atoms with Crippen LogP contribution in [-0.4, -0.2) is 18.5 Å². The van der Waals surface area contributed by atoms with Gasteiger partial charge in [-0.2, -0.15) is 0 Å². The van der Waals surface area contributed by atoms with E-state index in [1.54, 1.807) is 24.3 Å². The number of carbonyl (C=O) groups is 2. The summed E-state index contributed by atoms with van der Waals surface area (Å²) < 4.78 is 5.04. The summed E-state index contributed by atoms with van der Waals surface area (Å²) in [6, 6.07) is 20.4. The van der Waals surface area contributed by atoms with Crippen LogP contribution in [0.1, 0.15) is 5.56 Å². The van der Waals surface area contributed by atoms with Crippen LogP contribution in [0.5, 0.6) is 0 Å². The molecule has 25 heavy (non-hydrogen) atoms. The Bertz CT molecular complexity index is 918. The number of benzene rings is 3. The zero-order chi connectivity index (χ0) is 17.6. The second kappa shape index (κ2) is 7.81. The van der Waals surface area contributed by atoms with E-state index < -0.39 is 5.97 Å². The van der Waals surface area contributed by atoms with Gasteiger partial charge in [0, 0.05) is 16.1 Å². The smallest absolute Gasteiger partial charge is 0.310 e. The highest BCUT2D eigenvalue weighted by Gasteiger charge is 2.11. The minimum atomic E-state index is -0.499. The number of hydrogen-bond acceptors (Lipinski definition) is 3. The van der Waals surface area contributed by atoms with Crippen molar-refractivity contribution in [3.8, 4) is 0 Å². The summed E-state index contributed by atoms with van der Waals surface area (Å²) in [7, 11) is 0. The number of ether oxygens (including phenoxy) is 1. The highest BCUT2D eigenvalue weighted by molar-refractivity contribution is 6.31. The van der Waals surface area contributed by atoms with Crippen molar-refractivity contribution in [1.82, 2.24) is 0 Å². The van der Waals surface area contributed by atoms with Crippen molar-refractivity contribution >= 4 is 39.9 Å². The van der Waals surface area contributed by atoms with Crippen LogP contribution in [0.3, 0.4) is 0 Å². The molecule has 0 heterocycles. The molecule has 3 rings (SSSR count). The number of esters is 1. The molecule has 3 aromatic rings. The number of anilines is 1. The Morgan fingerprint density at radius 1 is 0.920 bits per heavy atom. The van der Waals surface area contributed by atoms with Crippen molar-refractivity contribution in [2.75, 3.05) is 11.9 Å². The van der Waals surface area contributed by atoms with Gasteiger partial charge in [0.15, 0.2) is 6.61 Å². The Hall–Kier alpha value is -2.85. The van der Waals surface area contributed by atoms with Crippen molar-refractivity contribution in [3.63, 3.8) is 0 Å². The topological polar surface area (TPSA) is 55.4 Å². The lowest BCUT2D eigenvalue weighted by Gasteiger charge is -2.09. The van der Waals surface area contributed by atoms with Gasteiger partial charge in [0.1, 0.15) is 0 Å². The highest BCUT2D eigenvalue weighted by Crippen LogP contribution is 2.22. The fourth-order valence-corrected chi connectivity index (χ4v) is 2.72. The normalized spacial score (nSPS) is 10.4. The fraction of sp³-hybridized carbons (Fsp3) is 0.100. The minimum absolute atomic E-state index is 0.0290. The summed E-state index contributed by atoms with van der Waals surface area (Å²) >= 11 is 6.01. The molecule has 5 heteroatoms. The third-order valence-electron chi connectivity index (χ3n) is 3.72. The van der Waals surface area contributed by atoms with Gasteiger partial charge in [-0.3, -0.25) is 9.59 Å². The molecular weight excluding hydrogens is 338 g/mol. The average Bonchev–Trinajstić information content (AvgIpc) is 2.62. The Balaban J connectivity index is 1.57. The lowest BCUT2D eigenvalue weighted by Crippen LogP contribution is -2.21. The number of rotatable bonds is 5. The van der Waals surface area contributed by atoms with Crippen molar-refractivity contribution in [2.24, 2.45) is 0 Å². The SMILES string of the molecule is O=C(COC(=O)Cc1ccccc1Cl)Nc1cccc2ccccc12. The van der Waals surface area contributed by atoms with Crippen LogP contribution in [-0.2, 0) is 20.7 Å². The maximum Gasteiger partial charge on any atom is 0.310 e. The largest absolute Gasteiger partial charge is 0.455 e. The van der Waals surface area contributed by atoms with Crippen LogP contribution < -0.4 is 5.32 Å². The van der Waals surface area contributed by atoms with E-state index in [2.05, 4.69) is 5.32 Å².